The molecule has 0 saturated heterocycles. The maximum absolute atomic E-state index is 13.4. The van der Waals surface area contributed by atoms with Crippen LogP contribution in [0, 0.1) is 5.92 Å². The zero-order chi connectivity index (χ0) is 31.2. The van der Waals surface area contributed by atoms with Crippen LogP contribution in [0.5, 0.6) is 28.7 Å². The molecule has 1 aliphatic carbocycles. The summed E-state index contributed by atoms with van der Waals surface area (Å²) in [6.45, 7) is 9.09. The number of ether oxygens (including phenoxy) is 6. The molecule has 0 aliphatic heterocycles. The molecule has 0 aromatic heterocycles. The lowest BCUT2D eigenvalue weighted by Gasteiger charge is -2.24. The molecule has 3 rings (SSSR count). The number of fused-ring (bicyclic) bond motifs is 1. The average Bonchev–Trinajstić information content (AvgIpc) is 3.08. The number of methoxy groups -OCH3 is 4. The topological polar surface area (TPSA) is 119 Å². The normalized spacial score (nSPS) is 13.8. The number of nitrogens with one attached hydrogen (secondary N) is 1. The van der Waals surface area contributed by atoms with Crippen molar-refractivity contribution >= 4 is 23.4 Å². The summed E-state index contributed by atoms with van der Waals surface area (Å²) in [6.07, 6.45) is 1.88. The molecule has 10 nitrogen and oxygen atoms in total. The number of benzene rings is 2. The van der Waals surface area contributed by atoms with E-state index in [9.17, 15) is 14.4 Å². The molecule has 1 amide bonds. The van der Waals surface area contributed by atoms with E-state index in [1.807, 2.05) is 13.8 Å². The first-order valence-electron chi connectivity index (χ1n) is 13.8. The van der Waals surface area contributed by atoms with E-state index in [-0.39, 0.29) is 23.9 Å². The average molecular weight is 584 g/mol. The molecule has 1 aliphatic rings. The minimum atomic E-state index is -0.964. The fraction of sp³-hybridized carbons (Fsp3) is 0.469. The number of alkyl carbamates (subject to hydrolysis) is 1. The highest BCUT2D eigenvalue weighted by molar-refractivity contribution is 6.03. The van der Waals surface area contributed by atoms with Crippen LogP contribution < -0.4 is 29.0 Å². The molecule has 42 heavy (non-hydrogen) atoms. The molecular weight excluding hydrogens is 542 g/mol. The number of allylic oxidation sites excluding steroid dienone is 1. The predicted molar refractivity (Wildman–Crippen MR) is 158 cm³/mol. The summed E-state index contributed by atoms with van der Waals surface area (Å²) >= 11 is 0. The van der Waals surface area contributed by atoms with Crippen LogP contribution in [0.1, 0.15) is 64.2 Å². The van der Waals surface area contributed by atoms with Gasteiger partial charge in [0.05, 0.1) is 28.4 Å². The van der Waals surface area contributed by atoms with Crippen molar-refractivity contribution < 1.29 is 42.8 Å². The Balaban J connectivity index is 2.06. The number of ketones is 1. The maximum atomic E-state index is 13.4. The molecule has 10 heteroatoms. The zero-order valence-corrected chi connectivity index (χ0v) is 25.8. The molecule has 0 radical (unpaired) electrons. The van der Waals surface area contributed by atoms with Crippen molar-refractivity contribution in [1.82, 2.24) is 5.32 Å². The molecule has 0 fully saturated rings. The van der Waals surface area contributed by atoms with E-state index in [4.69, 9.17) is 28.4 Å². The number of hydrogen-bond donors (Lipinski definition) is 1. The molecule has 0 heterocycles. The van der Waals surface area contributed by atoms with Gasteiger partial charge in [-0.1, -0.05) is 19.9 Å². The van der Waals surface area contributed by atoms with Gasteiger partial charge in [0, 0.05) is 12.0 Å². The Labute approximate surface area is 247 Å². The number of carbonyl (C=O) groups excluding carboxylic acids is 3. The van der Waals surface area contributed by atoms with E-state index in [1.165, 1.54) is 28.4 Å². The third-order valence-electron chi connectivity index (χ3n) is 6.52. The molecular formula is C32H41NO9. The van der Waals surface area contributed by atoms with Gasteiger partial charge in [0.25, 0.3) is 0 Å². The maximum Gasteiger partial charge on any atom is 0.408 e. The Morgan fingerprint density at radius 3 is 2.12 bits per heavy atom. The summed E-state index contributed by atoms with van der Waals surface area (Å²) in [4.78, 5) is 38.8. The molecule has 0 spiro atoms. The lowest BCUT2D eigenvalue weighted by Crippen LogP contribution is -2.45. The predicted octanol–water partition coefficient (Wildman–Crippen LogP) is 5.51. The van der Waals surface area contributed by atoms with Gasteiger partial charge in [-0.25, -0.2) is 9.59 Å². The van der Waals surface area contributed by atoms with Gasteiger partial charge in [-0.15, -0.1) is 0 Å². The van der Waals surface area contributed by atoms with Gasteiger partial charge in [0.2, 0.25) is 5.75 Å². The second-order valence-corrected chi connectivity index (χ2v) is 11.3. The minimum Gasteiger partial charge on any atom is -0.493 e. The second-order valence-electron chi connectivity index (χ2n) is 11.3. The number of esters is 1. The monoisotopic (exact) mass is 583 g/mol. The van der Waals surface area contributed by atoms with Crippen molar-refractivity contribution in [3.63, 3.8) is 0 Å². The van der Waals surface area contributed by atoms with Crippen LogP contribution in [0.25, 0.3) is 5.57 Å². The second kappa shape index (κ2) is 13.6. The lowest BCUT2D eigenvalue weighted by molar-refractivity contribution is -0.137. The fourth-order valence-corrected chi connectivity index (χ4v) is 4.74. The Morgan fingerprint density at radius 1 is 0.881 bits per heavy atom. The highest BCUT2D eigenvalue weighted by Crippen LogP contribution is 2.47. The minimum absolute atomic E-state index is 0.0749. The van der Waals surface area contributed by atoms with Crippen LogP contribution in [0.3, 0.4) is 0 Å². The van der Waals surface area contributed by atoms with Crippen LogP contribution >= 0.6 is 0 Å². The SMILES string of the molecule is COc1ccc(C2=CC(=O)CCc3c2cc(OC)c(OC)c3OC)cc1OC(=O)[C@H](CC(C)C)NC(=O)OC(C)(C)C. The summed E-state index contributed by atoms with van der Waals surface area (Å²) in [7, 11) is 6.05. The standard InChI is InChI=1S/C32H41NO9/c1-18(2)14-24(33-31(36)42-32(3,4)5)30(35)41-26-15-19(10-13-25(26)37-6)22-16-20(34)11-12-21-23(22)17-27(38-7)29(40-9)28(21)39-8/h10,13,15-18,24H,11-12,14H2,1-9H3,(H,33,36)/t24-/m0/s1. The molecule has 0 bridgehead atoms. The van der Waals surface area contributed by atoms with Gasteiger partial charge in [-0.05, 0) is 80.5 Å². The summed E-state index contributed by atoms with van der Waals surface area (Å²) in [5.41, 5.74) is 1.98. The van der Waals surface area contributed by atoms with Crippen LogP contribution in [0.4, 0.5) is 4.79 Å². The van der Waals surface area contributed by atoms with Gasteiger partial charge >= 0.3 is 12.1 Å². The van der Waals surface area contributed by atoms with Crippen molar-refractivity contribution in [2.75, 3.05) is 28.4 Å². The number of rotatable bonds is 10. The zero-order valence-electron chi connectivity index (χ0n) is 25.8. The van der Waals surface area contributed by atoms with Gasteiger partial charge in [0.1, 0.15) is 11.6 Å². The van der Waals surface area contributed by atoms with Gasteiger partial charge < -0.3 is 33.7 Å². The van der Waals surface area contributed by atoms with Crippen molar-refractivity contribution in [2.24, 2.45) is 5.92 Å². The van der Waals surface area contributed by atoms with Gasteiger partial charge in [0.15, 0.2) is 28.8 Å². The molecule has 1 N–H and O–H groups in total. The molecule has 0 unspecified atom stereocenters. The molecule has 0 saturated carbocycles. The number of amides is 1. The summed E-state index contributed by atoms with van der Waals surface area (Å²) in [6, 6.07) is 5.91. The highest BCUT2D eigenvalue weighted by atomic mass is 16.6. The smallest absolute Gasteiger partial charge is 0.408 e. The largest absolute Gasteiger partial charge is 0.493 e. The quantitative estimate of drug-likeness (QED) is 0.285. The van der Waals surface area contributed by atoms with Crippen molar-refractivity contribution in [1.29, 1.82) is 0 Å². The van der Waals surface area contributed by atoms with Crippen molar-refractivity contribution in [3.05, 3.63) is 47.0 Å². The highest BCUT2D eigenvalue weighted by Gasteiger charge is 2.29. The molecule has 1 atom stereocenters. The van der Waals surface area contributed by atoms with Crippen molar-refractivity contribution in [3.8, 4) is 28.7 Å². The first-order valence-corrected chi connectivity index (χ1v) is 13.8. The summed E-state index contributed by atoms with van der Waals surface area (Å²) in [5.74, 6) is 1.12. The first kappa shape index (κ1) is 32.3. The summed E-state index contributed by atoms with van der Waals surface area (Å²) in [5, 5.41) is 2.63. The third kappa shape index (κ3) is 7.74. The van der Waals surface area contributed by atoms with Crippen LogP contribution in [-0.4, -0.2) is 57.9 Å². The van der Waals surface area contributed by atoms with E-state index in [2.05, 4.69) is 5.32 Å². The van der Waals surface area contributed by atoms with Gasteiger partial charge in [-0.3, -0.25) is 4.79 Å². The van der Waals surface area contributed by atoms with Crippen LogP contribution in [0.2, 0.25) is 0 Å². The molecule has 2 aromatic rings. The molecule has 2 aromatic carbocycles. The van der Waals surface area contributed by atoms with E-state index >= 15 is 0 Å². The van der Waals surface area contributed by atoms with E-state index in [0.717, 1.165) is 11.1 Å². The Hall–Kier alpha value is -4.21. The lowest BCUT2D eigenvalue weighted by atomic mass is 9.92. The van der Waals surface area contributed by atoms with Gasteiger partial charge in [-0.2, -0.15) is 0 Å². The van der Waals surface area contributed by atoms with E-state index in [0.29, 0.717) is 47.0 Å². The first-order chi connectivity index (χ1) is 19.8. The summed E-state index contributed by atoms with van der Waals surface area (Å²) < 4.78 is 33.5. The van der Waals surface area contributed by atoms with Crippen LogP contribution in [0.15, 0.2) is 30.3 Å². The number of hydrogen-bond acceptors (Lipinski definition) is 9. The fourth-order valence-electron chi connectivity index (χ4n) is 4.74. The third-order valence-corrected chi connectivity index (χ3v) is 6.52. The van der Waals surface area contributed by atoms with E-state index in [1.54, 1.807) is 51.1 Å². The van der Waals surface area contributed by atoms with E-state index < -0.39 is 23.7 Å². The van der Waals surface area contributed by atoms with Crippen molar-refractivity contribution in [2.45, 2.75) is 65.5 Å². The number of carbonyl (C=O) groups is 3. The Morgan fingerprint density at radius 2 is 1.55 bits per heavy atom. The van der Waals surface area contributed by atoms with Crippen LogP contribution in [-0.2, 0) is 20.7 Å². The molecule has 228 valence electrons. The Bertz CT molecular complexity index is 1350. The Kier molecular flexibility index (Phi) is 10.5.